The number of nitrogens with one attached hydrogen (secondary N) is 2. The van der Waals surface area contributed by atoms with Gasteiger partial charge in [-0.15, -0.1) is 0 Å². The van der Waals surface area contributed by atoms with Crippen molar-refractivity contribution in [2.75, 3.05) is 0 Å². The van der Waals surface area contributed by atoms with E-state index in [9.17, 15) is 14.4 Å². The Labute approximate surface area is 166 Å². The highest BCUT2D eigenvalue weighted by Gasteiger charge is 2.52. The smallest absolute Gasteiger partial charge is 0.322 e. The van der Waals surface area contributed by atoms with Crippen LogP contribution in [0, 0.1) is 5.92 Å². The average Bonchev–Trinajstić information content (AvgIpc) is 3.25. The van der Waals surface area contributed by atoms with Gasteiger partial charge in [0, 0.05) is 11.2 Å². The Morgan fingerprint density at radius 3 is 2.79 bits per heavy atom. The Bertz CT molecular complexity index is 949. The molecule has 9 heteroatoms. The minimum absolute atomic E-state index is 0.221. The third-order valence-electron chi connectivity index (χ3n) is 5.42. The van der Waals surface area contributed by atoms with Crippen LogP contribution < -0.4 is 10.7 Å². The minimum Gasteiger partial charge on any atom is -0.322 e. The first-order valence-electron chi connectivity index (χ1n) is 9.16. The molecule has 1 aromatic heterocycles. The van der Waals surface area contributed by atoms with Crippen LogP contribution in [0.2, 0.25) is 5.02 Å². The minimum atomic E-state index is -0.901. The van der Waals surface area contributed by atoms with Crippen LogP contribution in [0.3, 0.4) is 0 Å². The van der Waals surface area contributed by atoms with E-state index in [-0.39, 0.29) is 5.56 Å². The van der Waals surface area contributed by atoms with Gasteiger partial charge >= 0.3 is 6.03 Å². The van der Waals surface area contributed by atoms with Crippen molar-refractivity contribution in [2.24, 2.45) is 5.92 Å². The Hall–Kier alpha value is -2.87. The van der Waals surface area contributed by atoms with Gasteiger partial charge in [0.15, 0.2) is 0 Å². The van der Waals surface area contributed by atoms with Crippen molar-refractivity contribution in [3.63, 3.8) is 0 Å². The van der Waals surface area contributed by atoms with Crippen LogP contribution in [0.15, 0.2) is 36.7 Å². The van der Waals surface area contributed by atoms with E-state index >= 15 is 0 Å². The zero-order chi connectivity index (χ0) is 19.9. The third kappa shape index (κ3) is 3.24. The molecule has 0 bridgehead atoms. The number of imide groups is 1. The lowest BCUT2D eigenvalue weighted by Crippen LogP contribution is -2.51. The molecule has 1 spiro atoms. The largest absolute Gasteiger partial charge is 0.344 e. The van der Waals surface area contributed by atoms with Crippen LogP contribution in [0.5, 0.6) is 0 Å². The monoisotopic (exact) mass is 401 g/mol. The molecule has 1 aromatic carbocycles. The predicted molar refractivity (Wildman–Crippen MR) is 102 cm³/mol. The number of benzene rings is 1. The van der Waals surface area contributed by atoms with E-state index in [4.69, 9.17) is 11.6 Å². The number of halogens is 1. The van der Waals surface area contributed by atoms with Gasteiger partial charge in [-0.2, -0.15) is 10.1 Å². The van der Waals surface area contributed by atoms with E-state index in [0.717, 1.165) is 17.9 Å². The van der Waals surface area contributed by atoms with Gasteiger partial charge in [0.25, 0.3) is 11.8 Å². The van der Waals surface area contributed by atoms with E-state index in [0.29, 0.717) is 29.5 Å². The van der Waals surface area contributed by atoms with Gasteiger partial charge in [-0.05, 0) is 49.8 Å². The second-order valence-corrected chi connectivity index (χ2v) is 7.87. The molecule has 1 aliphatic heterocycles. The van der Waals surface area contributed by atoms with E-state index < -0.39 is 23.4 Å². The standard InChI is InChI=1S/C19H20ClN5O3/c1-12-5-7-19(8-6-12)17(27)25(18(28)22-19)23-16(26)13-10-21-24(11-13)15-4-2-3-14(20)9-15/h2-4,9-12H,5-8H2,1H3,(H,22,28)(H,23,26). The predicted octanol–water partition coefficient (Wildman–Crippen LogP) is 2.67. The summed E-state index contributed by atoms with van der Waals surface area (Å²) in [5.41, 5.74) is 2.42. The van der Waals surface area contributed by atoms with Crippen LogP contribution in [0.25, 0.3) is 5.69 Å². The molecular weight excluding hydrogens is 382 g/mol. The molecule has 1 aliphatic carbocycles. The molecule has 28 heavy (non-hydrogen) atoms. The SMILES string of the molecule is CC1CCC2(CC1)NC(=O)N(NC(=O)c1cnn(-c3cccc(Cl)c3)c1)C2=O. The quantitative estimate of drug-likeness (QED) is 0.773. The molecule has 4 rings (SSSR count). The van der Waals surface area contributed by atoms with Crippen LogP contribution in [0.1, 0.15) is 43.0 Å². The lowest BCUT2D eigenvalue weighted by atomic mass is 9.77. The Morgan fingerprint density at radius 1 is 1.32 bits per heavy atom. The van der Waals surface area contributed by atoms with Gasteiger partial charge in [-0.25, -0.2) is 9.48 Å². The van der Waals surface area contributed by atoms with Gasteiger partial charge in [0.1, 0.15) is 5.54 Å². The summed E-state index contributed by atoms with van der Waals surface area (Å²) in [5, 5.41) is 8.25. The topological polar surface area (TPSA) is 96.3 Å². The second-order valence-electron chi connectivity index (χ2n) is 7.43. The van der Waals surface area contributed by atoms with Crippen molar-refractivity contribution in [1.82, 2.24) is 25.5 Å². The van der Waals surface area contributed by atoms with Crippen LogP contribution in [-0.4, -0.2) is 38.2 Å². The number of hydrogen-bond donors (Lipinski definition) is 2. The van der Waals surface area contributed by atoms with Gasteiger partial charge < -0.3 is 5.32 Å². The van der Waals surface area contributed by atoms with Crippen LogP contribution >= 0.6 is 11.6 Å². The first-order valence-corrected chi connectivity index (χ1v) is 9.54. The first kappa shape index (κ1) is 18.5. The van der Waals surface area contributed by atoms with Crippen molar-refractivity contribution < 1.29 is 14.4 Å². The van der Waals surface area contributed by atoms with E-state index in [1.165, 1.54) is 17.1 Å². The normalized spacial score (nSPS) is 24.5. The van der Waals surface area contributed by atoms with Crippen molar-refractivity contribution in [1.29, 1.82) is 0 Å². The molecular formula is C19H20ClN5O3. The van der Waals surface area contributed by atoms with E-state index in [1.54, 1.807) is 24.3 Å². The summed E-state index contributed by atoms with van der Waals surface area (Å²) in [7, 11) is 0. The maximum Gasteiger partial charge on any atom is 0.344 e. The molecule has 1 saturated carbocycles. The molecule has 2 aliphatic rings. The van der Waals surface area contributed by atoms with Crippen molar-refractivity contribution in [3.8, 4) is 5.69 Å². The van der Waals surface area contributed by atoms with E-state index in [1.807, 2.05) is 0 Å². The lowest BCUT2D eigenvalue weighted by Gasteiger charge is -2.33. The van der Waals surface area contributed by atoms with Crippen LogP contribution in [0.4, 0.5) is 4.79 Å². The number of nitrogens with zero attached hydrogens (tertiary/aromatic N) is 3. The molecule has 2 N–H and O–H groups in total. The molecule has 0 radical (unpaired) electrons. The summed E-state index contributed by atoms with van der Waals surface area (Å²) in [6, 6.07) is 6.42. The molecule has 4 amide bonds. The summed E-state index contributed by atoms with van der Waals surface area (Å²) < 4.78 is 1.50. The fourth-order valence-corrected chi connectivity index (χ4v) is 3.87. The number of carbonyl (C=O) groups is 3. The third-order valence-corrected chi connectivity index (χ3v) is 5.66. The van der Waals surface area contributed by atoms with Crippen molar-refractivity contribution in [2.45, 2.75) is 38.1 Å². The average molecular weight is 402 g/mol. The molecule has 0 atom stereocenters. The summed E-state index contributed by atoms with van der Waals surface area (Å²) in [6.07, 6.45) is 5.76. The highest BCUT2D eigenvalue weighted by atomic mass is 35.5. The fraction of sp³-hybridized carbons (Fsp3) is 0.368. The summed E-state index contributed by atoms with van der Waals surface area (Å²) in [5.74, 6) is -0.464. The molecule has 2 aromatic rings. The number of aromatic nitrogens is 2. The first-order chi connectivity index (χ1) is 13.4. The molecule has 146 valence electrons. The second kappa shape index (κ2) is 6.94. The zero-order valence-electron chi connectivity index (χ0n) is 15.3. The van der Waals surface area contributed by atoms with Crippen LogP contribution in [-0.2, 0) is 4.79 Å². The highest BCUT2D eigenvalue weighted by molar-refractivity contribution is 6.30. The fourth-order valence-electron chi connectivity index (χ4n) is 3.68. The van der Waals surface area contributed by atoms with Crippen molar-refractivity contribution in [3.05, 3.63) is 47.2 Å². The van der Waals surface area contributed by atoms with E-state index in [2.05, 4.69) is 22.8 Å². The summed E-state index contributed by atoms with van der Waals surface area (Å²) >= 11 is 5.98. The zero-order valence-corrected chi connectivity index (χ0v) is 16.1. The number of hydrogen-bond acceptors (Lipinski definition) is 4. The number of amides is 4. The number of urea groups is 1. The number of carbonyl (C=O) groups excluding carboxylic acids is 3. The Kier molecular flexibility index (Phi) is 4.58. The van der Waals surface area contributed by atoms with Gasteiger partial charge in [-0.1, -0.05) is 24.6 Å². The van der Waals surface area contributed by atoms with Crippen molar-refractivity contribution >= 4 is 29.4 Å². The lowest BCUT2D eigenvalue weighted by molar-refractivity contribution is -0.134. The summed E-state index contributed by atoms with van der Waals surface area (Å²) in [4.78, 5) is 37.7. The molecule has 0 unspecified atom stereocenters. The maximum absolute atomic E-state index is 12.8. The Balaban J connectivity index is 1.48. The molecule has 2 heterocycles. The number of rotatable bonds is 3. The van der Waals surface area contributed by atoms with Gasteiger partial charge in [0.05, 0.1) is 17.4 Å². The molecule has 1 saturated heterocycles. The Morgan fingerprint density at radius 2 is 2.07 bits per heavy atom. The summed E-state index contributed by atoms with van der Waals surface area (Å²) in [6.45, 7) is 2.13. The maximum atomic E-state index is 12.8. The molecule has 8 nitrogen and oxygen atoms in total. The molecule has 2 fully saturated rings. The number of hydrazine groups is 1. The highest BCUT2D eigenvalue weighted by Crippen LogP contribution is 2.35. The van der Waals surface area contributed by atoms with Gasteiger partial charge in [0.2, 0.25) is 0 Å². The van der Waals surface area contributed by atoms with Gasteiger partial charge in [-0.3, -0.25) is 15.0 Å².